The van der Waals surface area contributed by atoms with E-state index in [1.54, 1.807) is 14.2 Å². The lowest BCUT2D eigenvalue weighted by Crippen LogP contribution is -2.62. The average Bonchev–Trinajstić information content (AvgIpc) is 3.09. The van der Waals surface area contributed by atoms with Gasteiger partial charge in [-0.15, -0.1) is 0 Å². The normalized spacial score (nSPS) is 40.8. The Balaban J connectivity index is 2.12. The number of allylic oxidation sites excluding steroid dienone is 3. The highest BCUT2D eigenvalue weighted by molar-refractivity contribution is 5.70. The van der Waals surface area contributed by atoms with Crippen LogP contribution in [0.5, 0.6) is 0 Å². The molecular weight excluding hydrogens is 420 g/mol. The van der Waals surface area contributed by atoms with Crippen LogP contribution < -0.4 is 0 Å². The lowest BCUT2D eigenvalue weighted by Gasteiger charge is -2.60. The summed E-state index contributed by atoms with van der Waals surface area (Å²) < 4.78 is 23.7. The maximum atomic E-state index is 12.6. The van der Waals surface area contributed by atoms with E-state index in [1.807, 2.05) is 26.0 Å². The van der Waals surface area contributed by atoms with E-state index in [2.05, 4.69) is 33.4 Å². The molecule has 8 atom stereocenters. The molecule has 3 aliphatic rings. The molecule has 1 saturated heterocycles. The van der Waals surface area contributed by atoms with Crippen molar-refractivity contribution in [2.24, 2.45) is 28.6 Å². The summed E-state index contributed by atoms with van der Waals surface area (Å²) in [7, 11) is 3.21. The van der Waals surface area contributed by atoms with Gasteiger partial charge in [0.05, 0.1) is 11.5 Å². The first-order chi connectivity index (χ1) is 15.5. The molecule has 33 heavy (non-hydrogen) atoms. The molecule has 1 spiro atoms. The van der Waals surface area contributed by atoms with E-state index >= 15 is 0 Å². The smallest absolute Gasteiger partial charge is 0.306 e. The van der Waals surface area contributed by atoms with Crippen molar-refractivity contribution in [3.8, 4) is 0 Å². The van der Waals surface area contributed by atoms with Gasteiger partial charge in [-0.3, -0.25) is 4.79 Å². The summed E-state index contributed by atoms with van der Waals surface area (Å²) in [5.74, 6) is 0.215. The summed E-state index contributed by atoms with van der Waals surface area (Å²) >= 11 is 0. The Labute approximate surface area is 199 Å². The third-order valence-corrected chi connectivity index (χ3v) is 8.32. The Hall–Kier alpha value is -1.47. The molecule has 2 aliphatic carbocycles. The molecule has 186 valence electrons. The summed E-state index contributed by atoms with van der Waals surface area (Å²) in [5.41, 5.74) is 1.02. The second-order valence-corrected chi connectivity index (χ2v) is 10.8. The first kappa shape index (κ1) is 26.1. The number of ether oxygens (including phenoxy) is 4. The number of methoxy groups -OCH3 is 2. The number of rotatable bonds is 8. The molecule has 0 unspecified atom stereocenters. The van der Waals surface area contributed by atoms with E-state index in [-0.39, 0.29) is 29.1 Å². The second-order valence-electron chi connectivity index (χ2n) is 10.8. The number of esters is 1. The predicted molar refractivity (Wildman–Crippen MR) is 127 cm³/mol. The zero-order chi connectivity index (χ0) is 24.6. The van der Waals surface area contributed by atoms with Crippen LogP contribution in [-0.4, -0.2) is 50.1 Å². The first-order valence-electron chi connectivity index (χ1n) is 12.1. The lowest BCUT2D eigenvalue weighted by atomic mass is 9.45. The van der Waals surface area contributed by atoms with Crippen LogP contribution in [0.4, 0.5) is 0 Å². The Morgan fingerprint density at radius 1 is 1.33 bits per heavy atom. The van der Waals surface area contributed by atoms with E-state index in [9.17, 15) is 9.90 Å². The van der Waals surface area contributed by atoms with Crippen molar-refractivity contribution in [3.05, 3.63) is 36.0 Å². The van der Waals surface area contributed by atoms with E-state index in [0.29, 0.717) is 19.3 Å². The molecule has 1 N–H and O–H groups in total. The Bertz CT molecular complexity index is 800. The maximum absolute atomic E-state index is 12.6. The SMILES string of the molecule is C=C/C(C)=C/C[C@]1(C)[C@H](C)C[C@H](O)[C@@]23C(=C[C@H](OC(=O)CC(C)C)C[C@@H]12)[C@@H](OC)O[C@H]3OC. The van der Waals surface area contributed by atoms with Crippen molar-refractivity contribution >= 4 is 5.97 Å². The van der Waals surface area contributed by atoms with Gasteiger partial charge in [0.1, 0.15) is 6.10 Å². The molecule has 0 aromatic heterocycles. The number of carbonyl (C=O) groups is 1. The fourth-order valence-electron chi connectivity index (χ4n) is 6.33. The Morgan fingerprint density at radius 3 is 2.61 bits per heavy atom. The summed E-state index contributed by atoms with van der Waals surface area (Å²) in [6.45, 7) is 14.4. The molecule has 6 nitrogen and oxygen atoms in total. The standard InChI is InChI=1S/C27H42O6/c1-9-17(4)10-11-26(6)18(5)13-22(28)27-20(24(30-7)33-25(27)31-8)14-19(15-21(26)27)32-23(29)12-16(2)3/h9-10,14,16,18-19,21-22,24-25,28H,1,11-13,15H2,2-8H3/b17-10+/t18-,19+,21+,22+,24+,25-,26-,27-/m1/s1. The lowest BCUT2D eigenvalue weighted by molar-refractivity contribution is -0.253. The van der Waals surface area contributed by atoms with Gasteiger partial charge in [-0.1, -0.05) is 52.0 Å². The number of hydrogen-bond donors (Lipinski definition) is 1. The van der Waals surface area contributed by atoms with Gasteiger partial charge in [-0.05, 0) is 61.0 Å². The molecule has 0 aromatic carbocycles. The highest BCUT2D eigenvalue weighted by Crippen LogP contribution is 2.67. The Morgan fingerprint density at radius 2 is 2.03 bits per heavy atom. The van der Waals surface area contributed by atoms with Crippen LogP contribution in [0.15, 0.2) is 36.0 Å². The van der Waals surface area contributed by atoms with Gasteiger partial charge in [-0.25, -0.2) is 0 Å². The van der Waals surface area contributed by atoms with Crippen LogP contribution in [-0.2, 0) is 23.7 Å². The third-order valence-electron chi connectivity index (χ3n) is 8.32. The minimum Gasteiger partial charge on any atom is -0.458 e. The topological polar surface area (TPSA) is 74.2 Å². The largest absolute Gasteiger partial charge is 0.458 e. The fraction of sp³-hybridized carbons (Fsp3) is 0.741. The Kier molecular flexibility index (Phi) is 7.94. The summed E-state index contributed by atoms with van der Waals surface area (Å²) in [5, 5.41) is 11.6. The van der Waals surface area contributed by atoms with Crippen molar-refractivity contribution in [1.29, 1.82) is 0 Å². The van der Waals surface area contributed by atoms with Crippen LogP contribution in [0.1, 0.15) is 60.3 Å². The average molecular weight is 463 g/mol. The monoisotopic (exact) mass is 462 g/mol. The van der Waals surface area contributed by atoms with Crippen molar-refractivity contribution < 1.29 is 28.8 Å². The molecule has 0 aromatic rings. The van der Waals surface area contributed by atoms with E-state index in [4.69, 9.17) is 18.9 Å². The zero-order valence-corrected chi connectivity index (χ0v) is 21.3. The molecule has 1 saturated carbocycles. The van der Waals surface area contributed by atoms with E-state index in [0.717, 1.165) is 17.6 Å². The molecule has 6 heteroatoms. The molecule has 1 aliphatic heterocycles. The molecule has 2 fully saturated rings. The molecule has 3 rings (SSSR count). The van der Waals surface area contributed by atoms with Gasteiger partial charge in [0.25, 0.3) is 0 Å². The highest BCUT2D eigenvalue weighted by atomic mass is 16.8. The maximum Gasteiger partial charge on any atom is 0.306 e. The van der Waals surface area contributed by atoms with Gasteiger partial charge in [0.15, 0.2) is 12.6 Å². The van der Waals surface area contributed by atoms with Crippen LogP contribution in [0, 0.1) is 28.6 Å². The van der Waals surface area contributed by atoms with E-state index < -0.39 is 30.2 Å². The van der Waals surface area contributed by atoms with Crippen molar-refractivity contribution in [2.45, 2.75) is 85.1 Å². The van der Waals surface area contributed by atoms with Crippen molar-refractivity contribution in [2.75, 3.05) is 14.2 Å². The first-order valence-corrected chi connectivity index (χ1v) is 12.1. The van der Waals surface area contributed by atoms with E-state index in [1.165, 1.54) is 0 Å². The predicted octanol–water partition coefficient (Wildman–Crippen LogP) is 4.78. The summed E-state index contributed by atoms with van der Waals surface area (Å²) in [6, 6.07) is 0. The molecular formula is C27H42O6. The second kappa shape index (κ2) is 10.0. The van der Waals surface area contributed by atoms with Crippen LogP contribution >= 0.6 is 0 Å². The number of carbonyl (C=O) groups excluding carboxylic acids is 1. The quantitative estimate of drug-likeness (QED) is 0.318. The number of aliphatic hydroxyl groups is 1. The fourth-order valence-corrected chi connectivity index (χ4v) is 6.33. The minimum atomic E-state index is -0.756. The van der Waals surface area contributed by atoms with Gasteiger partial charge in [-0.2, -0.15) is 0 Å². The number of hydrogen-bond acceptors (Lipinski definition) is 6. The van der Waals surface area contributed by atoms with Crippen LogP contribution in [0.2, 0.25) is 0 Å². The molecule has 0 radical (unpaired) electrons. The van der Waals surface area contributed by atoms with Crippen molar-refractivity contribution in [3.63, 3.8) is 0 Å². The molecule has 1 heterocycles. The molecule has 0 amide bonds. The zero-order valence-electron chi connectivity index (χ0n) is 21.3. The van der Waals surface area contributed by atoms with Gasteiger partial charge in [0, 0.05) is 20.6 Å². The molecule has 0 bridgehead atoms. The van der Waals surface area contributed by atoms with Crippen LogP contribution in [0.25, 0.3) is 0 Å². The minimum absolute atomic E-state index is 0.0421. The van der Waals surface area contributed by atoms with Gasteiger partial charge in [0.2, 0.25) is 0 Å². The third kappa shape index (κ3) is 4.47. The highest BCUT2D eigenvalue weighted by Gasteiger charge is 2.69. The van der Waals surface area contributed by atoms with Gasteiger partial charge >= 0.3 is 5.97 Å². The van der Waals surface area contributed by atoms with Crippen LogP contribution in [0.3, 0.4) is 0 Å². The summed E-state index contributed by atoms with van der Waals surface area (Å²) in [6.07, 6.45) is 6.11. The van der Waals surface area contributed by atoms with Crippen molar-refractivity contribution in [1.82, 2.24) is 0 Å². The number of aliphatic hydroxyl groups excluding tert-OH is 1. The van der Waals surface area contributed by atoms with Gasteiger partial charge < -0.3 is 24.1 Å². The summed E-state index contributed by atoms with van der Waals surface area (Å²) in [4.78, 5) is 12.6.